The van der Waals surface area contributed by atoms with Crippen LogP contribution in [-0.2, 0) is 25.5 Å². The molecule has 240 valence electrons. The van der Waals surface area contributed by atoms with Crippen molar-refractivity contribution in [2.24, 2.45) is 23.2 Å². The number of hydrogen-bond acceptors (Lipinski definition) is 7. The number of aliphatic carboxylic acids is 3. The predicted molar refractivity (Wildman–Crippen MR) is 161 cm³/mol. The van der Waals surface area contributed by atoms with Crippen LogP contribution in [0.1, 0.15) is 83.3 Å². The van der Waals surface area contributed by atoms with Crippen LogP contribution in [0.4, 0.5) is 0 Å². The maximum Gasteiger partial charge on any atom is 0.336 e. The molecule has 0 aromatic heterocycles. The summed E-state index contributed by atoms with van der Waals surface area (Å²) >= 11 is 0. The van der Waals surface area contributed by atoms with E-state index < -0.39 is 36.4 Å². The van der Waals surface area contributed by atoms with E-state index in [9.17, 15) is 19.5 Å². The molecule has 4 rings (SSSR count). The molecule has 3 aliphatic carbocycles. The van der Waals surface area contributed by atoms with Gasteiger partial charge in [-0.25, -0.2) is 4.79 Å². The van der Waals surface area contributed by atoms with Gasteiger partial charge in [0.25, 0.3) is 0 Å². The Bertz CT molecular complexity index is 1160. The SMILES string of the molecule is CCN(CC)CCOC/C=C1\CCC2C3C(C)Cc4cc(O)ccc4C3CCC12C.O=C(O)CC(O)(CC(=O)O)C(=O)O. The highest BCUT2D eigenvalue weighted by Gasteiger charge is 2.54. The van der Waals surface area contributed by atoms with Crippen LogP contribution in [-0.4, -0.2) is 86.8 Å². The normalized spacial score (nSPS) is 27.1. The van der Waals surface area contributed by atoms with Gasteiger partial charge in [0.05, 0.1) is 26.1 Å². The van der Waals surface area contributed by atoms with Crippen molar-refractivity contribution in [1.82, 2.24) is 4.90 Å². The van der Waals surface area contributed by atoms with E-state index in [4.69, 9.17) is 25.2 Å². The number of allylic oxidation sites excluding steroid dienone is 1. The lowest BCUT2D eigenvalue weighted by atomic mass is 9.52. The molecule has 43 heavy (non-hydrogen) atoms. The van der Waals surface area contributed by atoms with E-state index in [1.807, 2.05) is 12.1 Å². The van der Waals surface area contributed by atoms with Crippen LogP contribution in [0, 0.1) is 23.2 Å². The Hall–Kier alpha value is -2.95. The Morgan fingerprint density at radius 3 is 2.33 bits per heavy atom. The quantitative estimate of drug-likeness (QED) is 0.169. The van der Waals surface area contributed by atoms with E-state index in [1.54, 1.807) is 5.57 Å². The van der Waals surface area contributed by atoms with E-state index in [2.05, 4.69) is 44.7 Å². The fraction of sp³-hybridized carbons (Fsp3) is 0.667. The van der Waals surface area contributed by atoms with Crippen molar-refractivity contribution in [2.75, 3.05) is 32.8 Å². The third kappa shape index (κ3) is 8.16. The molecule has 10 nitrogen and oxygen atoms in total. The number of aliphatic hydroxyl groups is 1. The number of nitrogens with zero attached hydrogens (tertiary/aromatic N) is 1. The maximum absolute atomic E-state index is 10.3. The number of carbonyl (C=O) groups is 3. The van der Waals surface area contributed by atoms with E-state index >= 15 is 0 Å². The summed E-state index contributed by atoms with van der Waals surface area (Å²) in [6, 6.07) is 6.13. The molecular formula is C33H49NO9. The molecule has 5 N–H and O–H groups in total. The second-order valence-corrected chi connectivity index (χ2v) is 12.7. The van der Waals surface area contributed by atoms with Gasteiger partial charge in [-0.2, -0.15) is 0 Å². The first-order valence-corrected chi connectivity index (χ1v) is 15.5. The summed E-state index contributed by atoms with van der Waals surface area (Å²) < 4.78 is 6.00. The highest BCUT2D eigenvalue weighted by Crippen LogP contribution is 2.63. The van der Waals surface area contributed by atoms with Crippen LogP contribution < -0.4 is 0 Å². The Balaban J connectivity index is 0.000000331. The van der Waals surface area contributed by atoms with Gasteiger partial charge in [0.2, 0.25) is 0 Å². The third-order valence-corrected chi connectivity index (χ3v) is 10.1. The molecule has 0 radical (unpaired) electrons. The Labute approximate surface area is 254 Å². The van der Waals surface area contributed by atoms with Crippen LogP contribution in [0.15, 0.2) is 29.8 Å². The molecule has 0 spiro atoms. The van der Waals surface area contributed by atoms with E-state index in [0.717, 1.165) is 51.1 Å². The average Bonchev–Trinajstić information content (AvgIpc) is 3.25. The monoisotopic (exact) mass is 603 g/mol. The smallest absolute Gasteiger partial charge is 0.336 e. The highest BCUT2D eigenvalue weighted by molar-refractivity contribution is 5.88. The first kappa shape index (κ1) is 34.5. The number of phenols is 1. The second kappa shape index (κ2) is 14.7. The van der Waals surface area contributed by atoms with Crippen molar-refractivity contribution in [3.05, 3.63) is 41.0 Å². The van der Waals surface area contributed by atoms with Gasteiger partial charge < -0.3 is 35.2 Å². The largest absolute Gasteiger partial charge is 0.508 e. The minimum atomic E-state index is -2.74. The number of rotatable bonds is 12. The number of phenolic OH excluding ortho intramolecular Hbond substituents is 1. The number of likely N-dealkylation sites (N-methyl/N-ethyl adjacent to an activating group) is 1. The summed E-state index contributed by atoms with van der Waals surface area (Å²) in [5, 5.41) is 43.8. The lowest BCUT2D eigenvalue weighted by molar-refractivity contribution is -0.170. The van der Waals surface area contributed by atoms with E-state index in [-0.39, 0.29) is 0 Å². The molecule has 0 amide bonds. The maximum atomic E-state index is 10.3. The predicted octanol–water partition coefficient (Wildman–Crippen LogP) is 4.53. The Morgan fingerprint density at radius 1 is 1.09 bits per heavy atom. The van der Waals surface area contributed by atoms with Crippen molar-refractivity contribution in [2.45, 2.75) is 84.2 Å². The van der Waals surface area contributed by atoms with E-state index in [0.29, 0.717) is 23.0 Å². The van der Waals surface area contributed by atoms with Crippen LogP contribution in [0.5, 0.6) is 5.75 Å². The number of carboxylic acid groups (broad SMARTS) is 3. The van der Waals surface area contributed by atoms with Crippen molar-refractivity contribution in [1.29, 1.82) is 0 Å². The van der Waals surface area contributed by atoms with Gasteiger partial charge in [-0.1, -0.05) is 45.4 Å². The fourth-order valence-corrected chi connectivity index (χ4v) is 7.84. The Kier molecular flexibility index (Phi) is 11.8. The summed E-state index contributed by atoms with van der Waals surface area (Å²) in [6.07, 6.45) is 6.41. The number of hydrogen-bond donors (Lipinski definition) is 5. The summed E-state index contributed by atoms with van der Waals surface area (Å²) in [4.78, 5) is 32.9. The summed E-state index contributed by atoms with van der Waals surface area (Å²) in [7, 11) is 0. The van der Waals surface area contributed by atoms with Crippen LogP contribution in [0.2, 0.25) is 0 Å². The fourth-order valence-electron chi connectivity index (χ4n) is 7.84. The molecular weight excluding hydrogens is 554 g/mol. The number of carboxylic acids is 3. The zero-order chi connectivity index (χ0) is 31.9. The Morgan fingerprint density at radius 2 is 1.74 bits per heavy atom. The van der Waals surface area contributed by atoms with Gasteiger partial charge >= 0.3 is 17.9 Å². The van der Waals surface area contributed by atoms with Crippen LogP contribution in [0.25, 0.3) is 0 Å². The molecule has 1 aromatic rings. The molecule has 0 bridgehead atoms. The summed E-state index contributed by atoms with van der Waals surface area (Å²) in [5.74, 6) is -1.67. The van der Waals surface area contributed by atoms with Crippen molar-refractivity contribution < 1.29 is 44.7 Å². The summed E-state index contributed by atoms with van der Waals surface area (Å²) in [5.41, 5.74) is 2.19. The zero-order valence-electron chi connectivity index (χ0n) is 25.9. The van der Waals surface area contributed by atoms with Crippen LogP contribution >= 0.6 is 0 Å². The molecule has 5 unspecified atom stereocenters. The summed E-state index contributed by atoms with van der Waals surface area (Å²) in [6.45, 7) is 14.3. The molecule has 0 saturated heterocycles. The molecule has 2 fully saturated rings. The number of fused-ring (bicyclic) bond motifs is 5. The average molecular weight is 604 g/mol. The van der Waals surface area contributed by atoms with Crippen molar-refractivity contribution >= 4 is 17.9 Å². The van der Waals surface area contributed by atoms with E-state index in [1.165, 1.54) is 36.8 Å². The van der Waals surface area contributed by atoms with Gasteiger partial charge in [-0.05, 0) is 97.5 Å². The number of ether oxygens (including phenoxy) is 1. The third-order valence-electron chi connectivity index (χ3n) is 10.1. The first-order chi connectivity index (χ1) is 20.3. The number of benzene rings is 1. The minimum absolute atomic E-state index is 0.353. The minimum Gasteiger partial charge on any atom is -0.508 e. The van der Waals surface area contributed by atoms with Gasteiger partial charge in [0.1, 0.15) is 5.75 Å². The molecule has 2 saturated carbocycles. The molecule has 10 heteroatoms. The van der Waals surface area contributed by atoms with Gasteiger partial charge in [0, 0.05) is 6.54 Å². The van der Waals surface area contributed by atoms with Gasteiger partial charge in [-0.15, -0.1) is 0 Å². The molecule has 1 aromatic carbocycles. The number of aromatic hydroxyl groups is 1. The lowest BCUT2D eigenvalue weighted by Crippen LogP contribution is -2.43. The molecule has 0 aliphatic heterocycles. The van der Waals surface area contributed by atoms with Crippen molar-refractivity contribution in [3.63, 3.8) is 0 Å². The molecule has 0 heterocycles. The second-order valence-electron chi connectivity index (χ2n) is 12.7. The van der Waals surface area contributed by atoms with Gasteiger partial charge in [-0.3, -0.25) is 9.59 Å². The zero-order valence-corrected chi connectivity index (χ0v) is 25.9. The van der Waals surface area contributed by atoms with Gasteiger partial charge in [0.15, 0.2) is 5.60 Å². The molecule has 5 atom stereocenters. The van der Waals surface area contributed by atoms with Crippen LogP contribution in [0.3, 0.4) is 0 Å². The lowest BCUT2D eigenvalue weighted by Gasteiger charge is -2.52. The molecule has 3 aliphatic rings. The van der Waals surface area contributed by atoms with Crippen molar-refractivity contribution in [3.8, 4) is 5.75 Å². The standard InChI is InChI=1S/C27H41NO2.C6H8O7/c1-5-28(6-2)14-16-30-15-12-21-7-10-25-26-19(3)17-20-18-22(29)8-9-23(20)24(26)11-13-27(21,25)4;7-3(8)1-6(13,5(11)12)2-4(9)10/h8-9,12,18-19,24-26,29H,5-7,10-11,13-17H2,1-4H3;13H,1-2H2,(H,7,8)(H,9,10)(H,11,12)/b21-12+;. The first-order valence-electron chi connectivity index (χ1n) is 15.5. The topological polar surface area (TPSA) is 165 Å². The highest BCUT2D eigenvalue weighted by atomic mass is 16.5.